The van der Waals surface area contributed by atoms with Gasteiger partial charge >= 0.3 is 0 Å². The number of benzene rings is 1. The maximum Gasteiger partial charge on any atom is 0.280 e. The van der Waals surface area contributed by atoms with Gasteiger partial charge in [0, 0.05) is 5.56 Å². The second kappa shape index (κ2) is 4.19. The van der Waals surface area contributed by atoms with Gasteiger partial charge in [-0.25, -0.2) is 4.98 Å². The van der Waals surface area contributed by atoms with Crippen molar-refractivity contribution in [2.45, 2.75) is 0 Å². The number of primary amides is 1. The van der Waals surface area contributed by atoms with Gasteiger partial charge in [0.15, 0.2) is 0 Å². The van der Waals surface area contributed by atoms with Crippen LogP contribution in [0.1, 0.15) is 10.4 Å². The number of nitrogens with two attached hydrogens (primary N) is 2. The summed E-state index contributed by atoms with van der Waals surface area (Å²) in [5.41, 5.74) is 11.1. The molecule has 0 saturated heterocycles. The third-order valence-electron chi connectivity index (χ3n) is 1.85. The third-order valence-corrected chi connectivity index (χ3v) is 2.55. The van der Waals surface area contributed by atoms with Gasteiger partial charge in [-0.05, 0) is 24.3 Å². The number of aromatic nitrogens is 1. The van der Waals surface area contributed by atoms with Crippen LogP contribution in [0, 0.1) is 0 Å². The van der Waals surface area contributed by atoms with Crippen molar-refractivity contribution < 1.29 is 9.53 Å². The molecule has 0 aliphatic rings. The average Bonchev–Trinajstić information content (AvgIpc) is 2.65. The number of anilines is 1. The topological polar surface area (TPSA) is 91.2 Å². The standard InChI is InChI=1S/C10H9N3O2S/c11-8-5-13-10(16-8)15-7-3-1-6(2-4-7)9(12)14/h1-5H,11H2,(H2,12,14). The predicted molar refractivity (Wildman–Crippen MR) is 61.6 cm³/mol. The van der Waals surface area contributed by atoms with Crippen molar-refractivity contribution in [1.82, 2.24) is 4.98 Å². The van der Waals surface area contributed by atoms with Gasteiger partial charge in [0.05, 0.1) is 6.20 Å². The minimum absolute atomic E-state index is 0.436. The van der Waals surface area contributed by atoms with Crippen LogP contribution in [0.4, 0.5) is 5.00 Å². The number of nitrogen functional groups attached to an aromatic ring is 1. The van der Waals surface area contributed by atoms with Crippen molar-refractivity contribution in [2.24, 2.45) is 5.73 Å². The van der Waals surface area contributed by atoms with Gasteiger partial charge in [0.2, 0.25) is 5.91 Å². The minimum Gasteiger partial charge on any atom is -0.431 e. The Bertz CT molecular complexity index is 507. The molecule has 2 aromatic rings. The summed E-state index contributed by atoms with van der Waals surface area (Å²) >= 11 is 1.25. The van der Waals surface area contributed by atoms with Gasteiger partial charge in [-0.15, -0.1) is 0 Å². The molecule has 16 heavy (non-hydrogen) atoms. The van der Waals surface area contributed by atoms with Crippen LogP contribution in [0.25, 0.3) is 0 Å². The molecule has 0 atom stereocenters. The Balaban J connectivity index is 2.14. The lowest BCUT2D eigenvalue weighted by molar-refractivity contribution is 0.100. The second-order valence-corrected chi connectivity index (χ2v) is 4.04. The van der Waals surface area contributed by atoms with E-state index in [2.05, 4.69) is 4.98 Å². The van der Waals surface area contributed by atoms with Crippen molar-refractivity contribution >= 4 is 22.2 Å². The number of carbonyl (C=O) groups is 1. The summed E-state index contributed by atoms with van der Waals surface area (Å²) in [6.45, 7) is 0. The molecule has 2 rings (SSSR count). The molecule has 0 aliphatic heterocycles. The van der Waals surface area contributed by atoms with E-state index in [4.69, 9.17) is 16.2 Å². The molecule has 0 fully saturated rings. The first kappa shape index (κ1) is 10.4. The average molecular weight is 235 g/mol. The molecular weight excluding hydrogens is 226 g/mol. The van der Waals surface area contributed by atoms with Gasteiger partial charge in [0.1, 0.15) is 10.8 Å². The summed E-state index contributed by atoms with van der Waals surface area (Å²) in [5, 5.41) is 1.05. The molecule has 4 N–H and O–H groups in total. The summed E-state index contributed by atoms with van der Waals surface area (Å²) in [5.74, 6) is 0.115. The van der Waals surface area contributed by atoms with Crippen molar-refractivity contribution in [2.75, 3.05) is 5.73 Å². The summed E-state index contributed by atoms with van der Waals surface area (Å²) in [7, 11) is 0. The van der Waals surface area contributed by atoms with E-state index in [1.54, 1.807) is 24.3 Å². The first-order chi connectivity index (χ1) is 7.65. The maximum absolute atomic E-state index is 10.8. The molecule has 5 nitrogen and oxygen atoms in total. The fourth-order valence-corrected chi connectivity index (χ4v) is 1.66. The normalized spacial score (nSPS) is 10.0. The van der Waals surface area contributed by atoms with Crippen LogP contribution in [-0.4, -0.2) is 10.9 Å². The second-order valence-electron chi connectivity index (χ2n) is 3.02. The molecule has 1 heterocycles. The molecular formula is C10H9N3O2S. The van der Waals surface area contributed by atoms with E-state index >= 15 is 0 Å². The molecule has 0 spiro atoms. The van der Waals surface area contributed by atoms with Gasteiger partial charge < -0.3 is 16.2 Å². The Hall–Kier alpha value is -2.08. The minimum atomic E-state index is -0.468. The Labute approximate surface area is 95.7 Å². The highest BCUT2D eigenvalue weighted by molar-refractivity contribution is 7.17. The first-order valence-electron chi connectivity index (χ1n) is 4.44. The molecule has 82 valence electrons. The first-order valence-corrected chi connectivity index (χ1v) is 5.26. The van der Waals surface area contributed by atoms with Crippen LogP contribution in [-0.2, 0) is 0 Å². The Morgan fingerprint density at radius 1 is 1.31 bits per heavy atom. The highest BCUT2D eigenvalue weighted by atomic mass is 32.1. The van der Waals surface area contributed by atoms with E-state index in [-0.39, 0.29) is 0 Å². The summed E-state index contributed by atoms with van der Waals surface area (Å²) < 4.78 is 5.41. The molecule has 0 bridgehead atoms. The SMILES string of the molecule is NC(=O)c1ccc(Oc2ncc(N)s2)cc1. The lowest BCUT2D eigenvalue weighted by Gasteiger charge is -2.01. The van der Waals surface area contributed by atoms with Gasteiger partial charge in [-0.2, -0.15) is 0 Å². The van der Waals surface area contributed by atoms with Crippen LogP contribution in [0.5, 0.6) is 10.9 Å². The number of rotatable bonds is 3. The van der Waals surface area contributed by atoms with Crippen LogP contribution in [0.15, 0.2) is 30.5 Å². The van der Waals surface area contributed by atoms with Crippen molar-refractivity contribution in [1.29, 1.82) is 0 Å². The largest absolute Gasteiger partial charge is 0.431 e. The molecule has 0 saturated carbocycles. The number of nitrogens with zero attached hydrogens (tertiary/aromatic N) is 1. The fourth-order valence-electron chi connectivity index (χ4n) is 1.11. The van der Waals surface area contributed by atoms with Crippen LogP contribution < -0.4 is 16.2 Å². The Morgan fingerprint density at radius 3 is 2.50 bits per heavy atom. The number of hydrogen-bond acceptors (Lipinski definition) is 5. The molecule has 6 heteroatoms. The molecule has 0 unspecified atom stereocenters. The predicted octanol–water partition coefficient (Wildman–Crippen LogP) is 1.62. The van der Waals surface area contributed by atoms with Crippen molar-refractivity contribution in [3.63, 3.8) is 0 Å². The van der Waals surface area contributed by atoms with Crippen LogP contribution >= 0.6 is 11.3 Å². The number of hydrogen-bond donors (Lipinski definition) is 2. The van der Waals surface area contributed by atoms with E-state index in [0.717, 1.165) is 0 Å². The summed E-state index contributed by atoms with van der Waals surface area (Å²) in [6.07, 6.45) is 1.53. The van der Waals surface area contributed by atoms with E-state index < -0.39 is 5.91 Å². The quantitative estimate of drug-likeness (QED) is 0.845. The monoisotopic (exact) mass is 235 g/mol. The van der Waals surface area contributed by atoms with Gasteiger partial charge in [-0.3, -0.25) is 4.79 Å². The number of carbonyl (C=O) groups excluding carboxylic acids is 1. The highest BCUT2D eigenvalue weighted by Crippen LogP contribution is 2.27. The lowest BCUT2D eigenvalue weighted by Crippen LogP contribution is -2.10. The van der Waals surface area contributed by atoms with E-state index in [1.807, 2.05) is 0 Å². The van der Waals surface area contributed by atoms with Gasteiger partial charge in [0.25, 0.3) is 5.19 Å². The zero-order valence-electron chi connectivity index (χ0n) is 8.21. The van der Waals surface area contributed by atoms with Crippen LogP contribution in [0.2, 0.25) is 0 Å². The van der Waals surface area contributed by atoms with Crippen LogP contribution in [0.3, 0.4) is 0 Å². The molecule has 1 amide bonds. The Kier molecular flexibility index (Phi) is 2.74. The van der Waals surface area contributed by atoms with Crippen molar-refractivity contribution in [3.05, 3.63) is 36.0 Å². The number of thiazole rings is 1. The molecule has 0 radical (unpaired) electrons. The zero-order valence-corrected chi connectivity index (χ0v) is 9.03. The van der Waals surface area contributed by atoms with E-state index in [0.29, 0.717) is 21.5 Å². The molecule has 1 aromatic heterocycles. The lowest BCUT2D eigenvalue weighted by atomic mass is 10.2. The fraction of sp³-hybridized carbons (Fsp3) is 0. The summed E-state index contributed by atoms with van der Waals surface area (Å²) in [6, 6.07) is 6.48. The third kappa shape index (κ3) is 2.29. The Morgan fingerprint density at radius 2 is 2.00 bits per heavy atom. The van der Waals surface area contributed by atoms with E-state index in [9.17, 15) is 4.79 Å². The number of amides is 1. The summed E-state index contributed by atoms with van der Waals surface area (Å²) in [4.78, 5) is 14.8. The van der Waals surface area contributed by atoms with Gasteiger partial charge in [-0.1, -0.05) is 11.3 Å². The zero-order chi connectivity index (χ0) is 11.5. The molecule has 0 aliphatic carbocycles. The smallest absolute Gasteiger partial charge is 0.280 e. The maximum atomic E-state index is 10.8. The number of ether oxygens (including phenoxy) is 1. The highest BCUT2D eigenvalue weighted by Gasteiger charge is 2.03. The van der Waals surface area contributed by atoms with E-state index in [1.165, 1.54) is 17.5 Å². The molecule has 1 aromatic carbocycles. The van der Waals surface area contributed by atoms with Crippen molar-refractivity contribution in [3.8, 4) is 10.9 Å².